The number of carboxylic acids is 1. The SMILES string of the molecule is Cc1c(Cc2ccccc2)c(=O)oc2c(C)c(O[C@@H](C)C(=O)N[C@H](C(=O)[O-])C(C)C)ccc12. The zero-order valence-electron chi connectivity index (χ0n) is 19.4. The second-order valence-electron chi connectivity index (χ2n) is 8.53. The third kappa shape index (κ3) is 5.25. The minimum Gasteiger partial charge on any atom is -0.548 e. The summed E-state index contributed by atoms with van der Waals surface area (Å²) in [7, 11) is 0. The van der Waals surface area contributed by atoms with Crippen LogP contribution in [0.4, 0.5) is 0 Å². The van der Waals surface area contributed by atoms with E-state index < -0.39 is 29.6 Å². The highest BCUT2D eigenvalue weighted by Gasteiger charge is 2.23. The molecule has 1 N–H and O–H groups in total. The number of hydrogen-bond donors (Lipinski definition) is 1. The van der Waals surface area contributed by atoms with Gasteiger partial charge in [0.05, 0.1) is 12.0 Å². The molecule has 1 aromatic heterocycles. The van der Waals surface area contributed by atoms with Gasteiger partial charge in [-0.05, 0) is 49.9 Å². The average molecular weight is 451 g/mol. The minimum atomic E-state index is -1.35. The van der Waals surface area contributed by atoms with Gasteiger partial charge in [0.25, 0.3) is 5.91 Å². The molecule has 1 amide bonds. The number of aliphatic carboxylic acids is 1. The first-order valence-electron chi connectivity index (χ1n) is 10.9. The molecule has 0 fully saturated rings. The molecule has 0 bridgehead atoms. The maximum atomic E-state index is 12.8. The first kappa shape index (κ1) is 24.0. The van der Waals surface area contributed by atoms with E-state index in [9.17, 15) is 19.5 Å². The number of rotatable bonds is 8. The average Bonchev–Trinajstić information content (AvgIpc) is 2.77. The molecule has 0 saturated carbocycles. The molecule has 3 rings (SSSR count). The number of carbonyl (C=O) groups excluding carboxylic acids is 2. The van der Waals surface area contributed by atoms with Crippen LogP contribution >= 0.6 is 0 Å². The first-order valence-corrected chi connectivity index (χ1v) is 10.9. The summed E-state index contributed by atoms with van der Waals surface area (Å²) < 4.78 is 11.5. The van der Waals surface area contributed by atoms with E-state index in [0.29, 0.717) is 28.9 Å². The Bertz CT molecular complexity index is 1230. The molecule has 33 heavy (non-hydrogen) atoms. The Balaban J connectivity index is 1.88. The summed E-state index contributed by atoms with van der Waals surface area (Å²) in [5, 5.41) is 14.5. The van der Waals surface area contributed by atoms with Crippen LogP contribution in [0.1, 0.15) is 43.0 Å². The summed E-state index contributed by atoms with van der Waals surface area (Å²) in [4.78, 5) is 36.5. The molecule has 0 aliphatic rings. The zero-order valence-corrected chi connectivity index (χ0v) is 19.4. The van der Waals surface area contributed by atoms with Gasteiger partial charge in [0.2, 0.25) is 0 Å². The van der Waals surface area contributed by atoms with Gasteiger partial charge >= 0.3 is 5.63 Å². The number of aryl methyl sites for hydroxylation is 2. The Hall–Kier alpha value is -3.61. The molecule has 0 aliphatic heterocycles. The van der Waals surface area contributed by atoms with E-state index in [4.69, 9.17) is 9.15 Å². The Labute approximate surface area is 192 Å². The lowest BCUT2D eigenvalue weighted by Crippen LogP contribution is -2.53. The molecule has 2 atom stereocenters. The van der Waals surface area contributed by atoms with Crippen LogP contribution in [-0.2, 0) is 16.0 Å². The molecule has 0 aliphatic carbocycles. The minimum absolute atomic E-state index is 0.337. The van der Waals surface area contributed by atoms with E-state index in [2.05, 4.69) is 5.32 Å². The predicted octanol–water partition coefficient (Wildman–Crippen LogP) is 2.66. The topological polar surface area (TPSA) is 109 Å². The van der Waals surface area contributed by atoms with Crippen molar-refractivity contribution in [1.29, 1.82) is 0 Å². The Kier molecular flexibility index (Phi) is 7.21. The van der Waals surface area contributed by atoms with Crippen LogP contribution < -0.4 is 20.8 Å². The number of nitrogens with one attached hydrogen (secondary N) is 1. The third-order valence-electron chi connectivity index (χ3n) is 5.77. The fourth-order valence-corrected chi connectivity index (χ4v) is 3.72. The number of carboxylic acid groups (broad SMARTS) is 1. The third-order valence-corrected chi connectivity index (χ3v) is 5.77. The van der Waals surface area contributed by atoms with Crippen molar-refractivity contribution in [3.8, 4) is 5.75 Å². The smallest absolute Gasteiger partial charge is 0.340 e. The highest BCUT2D eigenvalue weighted by atomic mass is 16.5. The van der Waals surface area contributed by atoms with Gasteiger partial charge < -0.3 is 24.4 Å². The standard InChI is InChI=1S/C26H29NO6/c1-14(2)22(25(29)30)27-24(28)17(5)32-21-12-11-19-15(3)20(13-18-9-7-6-8-10-18)26(31)33-23(19)16(21)4/h6-12,14,17,22H,13H2,1-5H3,(H,27,28)(H,29,30)/p-1/t17-,22-/m0/s1. The summed E-state index contributed by atoms with van der Waals surface area (Å²) in [6.07, 6.45) is -0.499. The van der Waals surface area contributed by atoms with Gasteiger partial charge in [-0.15, -0.1) is 0 Å². The summed E-state index contributed by atoms with van der Waals surface area (Å²) in [5.74, 6) is -1.89. The lowest BCUT2D eigenvalue weighted by atomic mass is 9.98. The van der Waals surface area contributed by atoms with Crippen LogP contribution in [-0.4, -0.2) is 24.0 Å². The number of fused-ring (bicyclic) bond motifs is 1. The van der Waals surface area contributed by atoms with Crippen molar-refractivity contribution in [3.63, 3.8) is 0 Å². The van der Waals surface area contributed by atoms with Crippen molar-refractivity contribution in [2.45, 2.75) is 53.2 Å². The molecule has 3 aromatic rings. The van der Waals surface area contributed by atoms with Crippen molar-refractivity contribution in [3.05, 3.63) is 75.1 Å². The van der Waals surface area contributed by atoms with Crippen molar-refractivity contribution in [2.24, 2.45) is 5.92 Å². The summed E-state index contributed by atoms with van der Waals surface area (Å²) >= 11 is 0. The normalized spacial score (nSPS) is 13.0. The first-order chi connectivity index (χ1) is 15.6. The van der Waals surface area contributed by atoms with Crippen LogP contribution in [0.2, 0.25) is 0 Å². The van der Waals surface area contributed by atoms with Gasteiger partial charge in [0.15, 0.2) is 6.10 Å². The summed E-state index contributed by atoms with van der Waals surface area (Å²) in [5.41, 5.74) is 3.01. The van der Waals surface area contributed by atoms with Crippen molar-refractivity contribution < 1.29 is 23.8 Å². The zero-order chi connectivity index (χ0) is 24.3. The predicted molar refractivity (Wildman–Crippen MR) is 123 cm³/mol. The van der Waals surface area contributed by atoms with E-state index in [1.54, 1.807) is 32.9 Å². The lowest BCUT2D eigenvalue weighted by molar-refractivity contribution is -0.309. The molecule has 0 spiro atoms. The highest BCUT2D eigenvalue weighted by Crippen LogP contribution is 2.30. The van der Waals surface area contributed by atoms with Crippen LogP contribution in [0.3, 0.4) is 0 Å². The van der Waals surface area contributed by atoms with Crippen molar-refractivity contribution in [2.75, 3.05) is 0 Å². The number of ether oxygens (including phenoxy) is 1. The van der Waals surface area contributed by atoms with Gasteiger partial charge in [-0.1, -0.05) is 44.2 Å². The number of carbonyl (C=O) groups is 2. The van der Waals surface area contributed by atoms with Crippen molar-refractivity contribution >= 4 is 22.8 Å². The molecule has 0 saturated heterocycles. The van der Waals surface area contributed by atoms with Gasteiger partial charge in [-0.3, -0.25) is 4.79 Å². The number of hydrogen-bond acceptors (Lipinski definition) is 6. The largest absolute Gasteiger partial charge is 0.548 e. The van der Waals surface area contributed by atoms with Gasteiger partial charge in [-0.25, -0.2) is 4.79 Å². The molecular formula is C26H28NO6-. The van der Waals surface area contributed by atoms with E-state index >= 15 is 0 Å². The Morgan fingerprint density at radius 1 is 1.03 bits per heavy atom. The molecule has 7 heteroatoms. The summed E-state index contributed by atoms with van der Waals surface area (Å²) in [6.45, 7) is 8.52. The summed E-state index contributed by atoms with van der Waals surface area (Å²) in [6, 6.07) is 12.1. The molecule has 0 unspecified atom stereocenters. The monoisotopic (exact) mass is 450 g/mol. The molecular weight excluding hydrogens is 422 g/mol. The van der Waals surface area contributed by atoms with Crippen LogP contribution in [0.25, 0.3) is 11.0 Å². The second-order valence-corrected chi connectivity index (χ2v) is 8.53. The quantitative estimate of drug-likeness (QED) is 0.529. The van der Waals surface area contributed by atoms with Crippen LogP contribution in [0, 0.1) is 19.8 Å². The maximum absolute atomic E-state index is 12.8. The Morgan fingerprint density at radius 2 is 1.70 bits per heavy atom. The molecule has 1 heterocycles. The molecule has 174 valence electrons. The highest BCUT2D eigenvalue weighted by molar-refractivity contribution is 5.87. The number of amides is 1. The maximum Gasteiger partial charge on any atom is 0.340 e. The lowest BCUT2D eigenvalue weighted by Gasteiger charge is -2.25. The van der Waals surface area contributed by atoms with E-state index in [0.717, 1.165) is 16.5 Å². The van der Waals surface area contributed by atoms with E-state index in [1.807, 2.05) is 37.3 Å². The van der Waals surface area contributed by atoms with Crippen molar-refractivity contribution in [1.82, 2.24) is 5.32 Å². The molecule has 7 nitrogen and oxygen atoms in total. The molecule has 2 aromatic carbocycles. The Morgan fingerprint density at radius 3 is 2.30 bits per heavy atom. The molecule has 0 radical (unpaired) electrons. The van der Waals surface area contributed by atoms with Gasteiger partial charge in [0, 0.05) is 22.9 Å². The van der Waals surface area contributed by atoms with Crippen LogP contribution in [0.5, 0.6) is 5.75 Å². The van der Waals surface area contributed by atoms with E-state index in [-0.39, 0.29) is 5.92 Å². The van der Waals surface area contributed by atoms with Gasteiger partial charge in [-0.2, -0.15) is 0 Å². The fraction of sp³-hybridized carbons (Fsp3) is 0.346. The number of benzene rings is 2. The van der Waals surface area contributed by atoms with Crippen LogP contribution in [0.15, 0.2) is 51.7 Å². The van der Waals surface area contributed by atoms with Gasteiger partial charge in [0.1, 0.15) is 11.3 Å². The van der Waals surface area contributed by atoms with E-state index in [1.165, 1.54) is 6.92 Å². The fourth-order valence-electron chi connectivity index (χ4n) is 3.72. The second kappa shape index (κ2) is 9.90.